The molecule has 4 rings (SSSR count). The zero-order valence-corrected chi connectivity index (χ0v) is 17.8. The van der Waals surface area contributed by atoms with Gasteiger partial charge in [0.15, 0.2) is 5.78 Å². The van der Waals surface area contributed by atoms with Crippen molar-refractivity contribution in [3.8, 4) is 11.5 Å². The van der Waals surface area contributed by atoms with Crippen LogP contribution in [0.4, 0.5) is 0 Å². The second-order valence-electron chi connectivity index (χ2n) is 8.48. The lowest BCUT2D eigenvalue weighted by atomic mass is 9.82. The van der Waals surface area contributed by atoms with Crippen LogP contribution < -0.4 is 9.47 Å². The molecular formula is C25H29NO4. The Hall–Kier alpha value is -2.82. The minimum Gasteiger partial charge on any atom is -0.493 e. The van der Waals surface area contributed by atoms with Crippen LogP contribution in [-0.2, 0) is 4.79 Å². The number of hydrogen-bond acceptors (Lipinski definition) is 4. The molecule has 5 nitrogen and oxygen atoms in total. The largest absolute Gasteiger partial charge is 0.493 e. The van der Waals surface area contributed by atoms with E-state index in [4.69, 9.17) is 9.47 Å². The highest BCUT2D eigenvalue weighted by Gasteiger charge is 2.43. The second kappa shape index (κ2) is 8.50. The Kier molecular flexibility index (Phi) is 5.80. The maximum atomic E-state index is 12.7. The molecule has 0 N–H and O–H groups in total. The molecule has 0 unspecified atom stereocenters. The van der Waals surface area contributed by atoms with Gasteiger partial charge in [-0.05, 0) is 44.0 Å². The molecule has 1 saturated heterocycles. The van der Waals surface area contributed by atoms with Gasteiger partial charge < -0.3 is 14.4 Å². The zero-order chi connectivity index (χ0) is 21.1. The average molecular weight is 408 g/mol. The van der Waals surface area contributed by atoms with E-state index >= 15 is 0 Å². The summed E-state index contributed by atoms with van der Waals surface area (Å²) in [7, 11) is 0. The van der Waals surface area contributed by atoms with E-state index in [1.54, 1.807) is 0 Å². The Morgan fingerprint density at radius 1 is 1.13 bits per heavy atom. The van der Waals surface area contributed by atoms with Crippen molar-refractivity contribution >= 4 is 11.7 Å². The van der Waals surface area contributed by atoms with Crippen molar-refractivity contribution in [3.63, 3.8) is 0 Å². The molecule has 0 aliphatic carbocycles. The lowest BCUT2D eigenvalue weighted by Crippen LogP contribution is -2.52. The highest BCUT2D eigenvalue weighted by Crippen LogP contribution is 2.39. The standard InChI is InChI=1S/C25H29NO4/c1-18-9-10-23-20(16-18)21(27)17-25(30-23)11-13-26(14-12-25)24(28)8-5-15-29-22-7-4-3-6-19(22)2/h3-4,6-7,9-10,16H,5,8,11-15,17H2,1-2H3. The van der Waals surface area contributed by atoms with Crippen LogP contribution in [0.2, 0.25) is 0 Å². The summed E-state index contributed by atoms with van der Waals surface area (Å²) < 4.78 is 12.1. The van der Waals surface area contributed by atoms with Crippen molar-refractivity contribution in [1.29, 1.82) is 0 Å². The van der Waals surface area contributed by atoms with Gasteiger partial charge in [-0.15, -0.1) is 0 Å². The highest BCUT2D eigenvalue weighted by atomic mass is 16.5. The van der Waals surface area contributed by atoms with Crippen LogP contribution in [0.25, 0.3) is 0 Å². The van der Waals surface area contributed by atoms with E-state index < -0.39 is 5.60 Å². The number of rotatable bonds is 5. The Balaban J connectivity index is 1.26. The van der Waals surface area contributed by atoms with Crippen molar-refractivity contribution in [2.75, 3.05) is 19.7 Å². The van der Waals surface area contributed by atoms with Gasteiger partial charge in [-0.1, -0.05) is 29.8 Å². The van der Waals surface area contributed by atoms with Gasteiger partial charge in [0.1, 0.15) is 17.1 Å². The number of Topliss-reactive ketones (excluding diaryl/α,β-unsaturated/α-hetero) is 1. The molecule has 1 fully saturated rings. The van der Waals surface area contributed by atoms with E-state index in [1.165, 1.54) is 0 Å². The maximum absolute atomic E-state index is 12.7. The van der Waals surface area contributed by atoms with Gasteiger partial charge in [0, 0.05) is 32.4 Å². The molecule has 30 heavy (non-hydrogen) atoms. The fourth-order valence-corrected chi connectivity index (χ4v) is 4.33. The maximum Gasteiger partial charge on any atom is 0.222 e. The molecular weight excluding hydrogens is 378 g/mol. The van der Waals surface area contributed by atoms with Crippen molar-refractivity contribution < 1.29 is 19.1 Å². The molecule has 0 bridgehead atoms. The molecule has 2 aromatic rings. The SMILES string of the molecule is Cc1ccc2c(c1)C(=O)CC1(CCN(C(=O)CCCOc3ccccc3C)CC1)O2. The predicted octanol–water partition coefficient (Wildman–Crippen LogP) is 4.49. The number of ketones is 1. The third-order valence-corrected chi connectivity index (χ3v) is 6.16. The molecule has 5 heteroatoms. The summed E-state index contributed by atoms with van der Waals surface area (Å²) >= 11 is 0. The number of benzene rings is 2. The summed E-state index contributed by atoms with van der Waals surface area (Å²) in [6.07, 6.45) is 2.95. The average Bonchev–Trinajstić information content (AvgIpc) is 2.73. The monoisotopic (exact) mass is 407 g/mol. The molecule has 0 atom stereocenters. The molecule has 0 radical (unpaired) electrons. The number of hydrogen-bond donors (Lipinski definition) is 0. The van der Waals surface area contributed by atoms with E-state index in [1.807, 2.05) is 61.2 Å². The normalized spacial score (nSPS) is 17.4. The van der Waals surface area contributed by atoms with Gasteiger partial charge in [0.05, 0.1) is 18.6 Å². The number of fused-ring (bicyclic) bond motifs is 1. The van der Waals surface area contributed by atoms with Crippen LogP contribution >= 0.6 is 0 Å². The predicted molar refractivity (Wildman–Crippen MR) is 115 cm³/mol. The smallest absolute Gasteiger partial charge is 0.222 e. The molecule has 2 aliphatic heterocycles. The van der Waals surface area contributed by atoms with Crippen LogP contribution in [0, 0.1) is 13.8 Å². The van der Waals surface area contributed by atoms with Gasteiger partial charge in [-0.3, -0.25) is 9.59 Å². The first-order valence-corrected chi connectivity index (χ1v) is 10.7. The summed E-state index contributed by atoms with van der Waals surface area (Å²) in [5.41, 5.74) is 2.38. The van der Waals surface area contributed by atoms with Crippen LogP contribution in [0.5, 0.6) is 11.5 Å². The van der Waals surface area contributed by atoms with Crippen molar-refractivity contribution in [2.45, 2.75) is 51.6 Å². The first kappa shape index (κ1) is 20.5. The van der Waals surface area contributed by atoms with Crippen molar-refractivity contribution in [1.82, 2.24) is 4.90 Å². The highest BCUT2D eigenvalue weighted by molar-refractivity contribution is 6.00. The topological polar surface area (TPSA) is 55.8 Å². The van der Waals surface area contributed by atoms with Gasteiger partial charge in [-0.2, -0.15) is 0 Å². The van der Waals surface area contributed by atoms with Crippen LogP contribution in [0.1, 0.15) is 53.6 Å². The number of likely N-dealkylation sites (tertiary alicyclic amines) is 1. The van der Waals surface area contributed by atoms with E-state index in [-0.39, 0.29) is 11.7 Å². The van der Waals surface area contributed by atoms with Crippen LogP contribution in [0.15, 0.2) is 42.5 Å². The summed E-state index contributed by atoms with van der Waals surface area (Å²) in [5, 5.41) is 0. The molecule has 158 valence electrons. The van der Waals surface area contributed by atoms with E-state index in [2.05, 4.69) is 0 Å². The molecule has 2 aliphatic rings. The number of nitrogens with zero attached hydrogens (tertiary/aromatic N) is 1. The summed E-state index contributed by atoms with van der Waals surface area (Å²) in [6, 6.07) is 13.7. The third kappa shape index (κ3) is 4.35. The summed E-state index contributed by atoms with van der Waals surface area (Å²) in [5.74, 6) is 1.86. The number of para-hydroxylation sites is 1. The molecule has 2 aromatic carbocycles. The number of piperidine rings is 1. The molecule has 0 saturated carbocycles. The Bertz CT molecular complexity index is 944. The lowest BCUT2D eigenvalue weighted by Gasteiger charge is -2.44. The minimum atomic E-state index is -0.468. The zero-order valence-electron chi connectivity index (χ0n) is 17.8. The third-order valence-electron chi connectivity index (χ3n) is 6.16. The van der Waals surface area contributed by atoms with Gasteiger partial charge in [0.2, 0.25) is 5.91 Å². The summed E-state index contributed by atoms with van der Waals surface area (Å²) in [6.45, 7) is 5.79. The fraction of sp³-hybridized carbons (Fsp3) is 0.440. The molecule has 2 heterocycles. The van der Waals surface area contributed by atoms with E-state index in [0.29, 0.717) is 63.1 Å². The van der Waals surface area contributed by atoms with Crippen molar-refractivity contribution in [3.05, 3.63) is 59.2 Å². The van der Waals surface area contributed by atoms with Crippen LogP contribution in [0.3, 0.4) is 0 Å². The molecule has 1 amide bonds. The quantitative estimate of drug-likeness (QED) is 0.686. The van der Waals surface area contributed by atoms with E-state index in [0.717, 1.165) is 16.9 Å². The minimum absolute atomic E-state index is 0.146. The van der Waals surface area contributed by atoms with E-state index in [9.17, 15) is 9.59 Å². The van der Waals surface area contributed by atoms with Crippen LogP contribution in [-0.4, -0.2) is 41.9 Å². The number of amides is 1. The number of ether oxygens (including phenoxy) is 2. The number of carbonyl (C=O) groups is 2. The van der Waals surface area contributed by atoms with Crippen molar-refractivity contribution in [2.24, 2.45) is 0 Å². The lowest BCUT2D eigenvalue weighted by molar-refractivity contribution is -0.135. The number of aryl methyl sites for hydroxylation is 2. The first-order valence-electron chi connectivity index (χ1n) is 10.7. The first-order chi connectivity index (χ1) is 14.5. The summed E-state index contributed by atoms with van der Waals surface area (Å²) in [4.78, 5) is 27.2. The Labute approximate surface area is 178 Å². The molecule has 0 aromatic heterocycles. The Morgan fingerprint density at radius 3 is 2.67 bits per heavy atom. The number of carbonyl (C=O) groups excluding carboxylic acids is 2. The van der Waals surface area contributed by atoms with Gasteiger partial charge in [-0.25, -0.2) is 0 Å². The fourth-order valence-electron chi connectivity index (χ4n) is 4.33. The molecule has 1 spiro atoms. The Morgan fingerprint density at radius 2 is 1.90 bits per heavy atom. The van der Waals surface area contributed by atoms with Gasteiger partial charge >= 0.3 is 0 Å². The van der Waals surface area contributed by atoms with Gasteiger partial charge in [0.25, 0.3) is 0 Å². The second-order valence-corrected chi connectivity index (χ2v) is 8.48.